The Morgan fingerprint density at radius 3 is 2.50 bits per heavy atom. The minimum absolute atomic E-state index is 0.0469. The van der Waals surface area contributed by atoms with Crippen molar-refractivity contribution in [2.24, 2.45) is 15.9 Å². The summed E-state index contributed by atoms with van der Waals surface area (Å²) in [6.45, 7) is 0. The highest BCUT2D eigenvalue weighted by Crippen LogP contribution is 2.36. The van der Waals surface area contributed by atoms with Crippen LogP contribution in [0.25, 0.3) is 0 Å². The number of halogens is 4. The molecule has 0 aromatic heterocycles. The fourth-order valence-electron chi connectivity index (χ4n) is 1.86. The van der Waals surface area contributed by atoms with Crippen LogP contribution in [-0.2, 0) is 11.9 Å². The highest BCUT2D eigenvalue weighted by atomic mass is 79.9. The van der Waals surface area contributed by atoms with Crippen LogP contribution in [0.4, 0.5) is 13.2 Å². The van der Waals surface area contributed by atoms with Crippen LogP contribution in [0.1, 0.15) is 16.7 Å². The van der Waals surface area contributed by atoms with E-state index in [0.29, 0.717) is 5.75 Å². The number of hydrogen-bond acceptors (Lipinski definition) is 3. The second kappa shape index (κ2) is 8.34. The molecule has 0 saturated heterocycles. The highest BCUT2D eigenvalue weighted by molar-refractivity contribution is 9.10. The summed E-state index contributed by atoms with van der Waals surface area (Å²) >= 11 is 4.17. The molecule has 2 N–H and O–H groups in total. The maximum Gasteiger partial charge on any atom is 0.418 e. The first-order valence-corrected chi connectivity index (χ1v) is 8.54. The molecule has 8 heteroatoms. The van der Waals surface area contributed by atoms with Crippen LogP contribution in [0.3, 0.4) is 0 Å². The fourth-order valence-corrected chi connectivity index (χ4v) is 3.07. The second-order valence-electron chi connectivity index (χ2n) is 4.66. The molecule has 0 aliphatic rings. The topological polar surface area (TPSA) is 50.7 Å². The maximum absolute atomic E-state index is 13.0. The van der Waals surface area contributed by atoms with E-state index in [9.17, 15) is 13.2 Å². The van der Waals surface area contributed by atoms with Gasteiger partial charge in [0.1, 0.15) is 0 Å². The van der Waals surface area contributed by atoms with Crippen molar-refractivity contribution in [3.8, 4) is 0 Å². The summed E-state index contributed by atoms with van der Waals surface area (Å²) < 4.78 is 39.1. The summed E-state index contributed by atoms with van der Waals surface area (Å²) in [7, 11) is 0. The van der Waals surface area contributed by atoms with Crippen molar-refractivity contribution in [1.82, 2.24) is 0 Å². The molecule has 126 valence electrons. The van der Waals surface area contributed by atoms with Gasteiger partial charge in [0, 0.05) is 15.8 Å². The molecule has 0 aliphatic heterocycles. The van der Waals surface area contributed by atoms with E-state index in [1.54, 1.807) is 0 Å². The normalized spacial score (nSPS) is 12.8. The zero-order valence-electron chi connectivity index (χ0n) is 12.3. The predicted octanol–water partition coefficient (Wildman–Crippen LogP) is 5.05. The van der Waals surface area contributed by atoms with E-state index in [-0.39, 0.29) is 15.2 Å². The average Bonchev–Trinajstić information content (AvgIpc) is 2.53. The van der Waals surface area contributed by atoms with Gasteiger partial charge in [-0.1, -0.05) is 70.2 Å². The summed E-state index contributed by atoms with van der Waals surface area (Å²) in [5.74, 6) is 0.608. The largest absolute Gasteiger partial charge is 0.418 e. The van der Waals surface area contributed by atoms with E-state index in [1.165, 1.54) is 30.0 Å². The van der Waals surface area contributed by atoms with Crippen molar-refractivity contribution in [2.75, 3.05) is 0 Å². The van der Waals surface area contributed by atoms with E-state index in [2.05, 4.69) is 26.1 Å². The van der Waals surface area contributed by atoms with Crippen LogP contribution in [-0.4, -0.2) is 11.4 Å². The third kappa shape index (κ3) is 5.38. The standard InChI is InChI=1S/C16H13BrF3N3S/c17-13-8-4-7-12(14(13)16(18,19)20)9-22-23-15(21)24-10-11-5-2-1-3-6-11/h1-9H,10H2,(H2,21,23). The minimum atomic E-state index is -4.49. The zero-order valence-corrected chi connectivity index (χ0v) is 14.7. The molecule has 3 nitrogen and oxygen atoms in total. The molecule has 0 heterocycles. The number of nitrogens with two attached hydrogens (primary N) is 1. The Bertz CT molecular complexity index is 746. The van der Waals surface area contributed by atoms with Crippen LogP contribution in [0.2, 0.25) is 0 Å². The number of alkyl halides is 3. The number of nitrogens with zero attached hydrogens (tertiary/aromatic N) is 2. The number of benzene rings is 2. The van der Waals surface area contributed by atoms with Crippen molar-refractivity contribution in [3.05, 3.63) is 69.7 Å². The number of rotatable bonds is 4. The monoisotopic (exact) mass is 415 g/mol. The molecule has 0 saturated carbocycles. The quantitative estimate of drug-likeness (QED) is 0.431. The van der Waals surface area contributed by atoms with E-state index in [0.717, 1.165) is 11.8 Å². The third-order valence-corrected chi connectivity index (χ3v) is 4.43. The summed E-state index contributed by atoms with van der Waals surface area (Å²) in [6, 6.07) is 13.8. The number of thioether (sulfide) groups is 1. The van der Waals surface area contributed by atoms with Crippen molar-refractivity contribution in [3.63, 3.8) is 0 Å². The van der Waals surface area contributed by atoms with Gasteiger partial charge >= 0.3 is 6.18 Å². The Morgan fingerprint density at radius 2 is 1.83 bits per heavy atom. The maximum atomic E-state index is 13.0. The Balaban J connectivity index is 2.07. The van der Waals surface area contributed by atoms with E-state index < -0.39 is 11.7 Å². The van der Waals surface area contributed by atoms with Gasteiger partial charge in [-0.3, -0.25) is 0 Å². The molecular formula is C16H13BrF3N3S. The summed E-state index contributed by atoms with van der Waals surface area (Å²) in [5, 5.41) is 7.58. The Kier molecular flexibility index (Phi) is 6.44. The molecule has 2 rings (SSSR count). The highest BCUT2D eigenvalue weighted by Gasteiger charge is 2.35. The zero-order chi connectivity index (χ0) is 17.6. The first-order valence-electron chi connectivity index (χ1n) is 6.77. The molecule has 0 radical (unpaired) electrons. The van der Waals surface area contributed by atoms with Crippen LogP contribution in [0, 0.1) is 0 Å². The molecule has 2 aromatic carbocycles. The van der Waals surface area contributed by atoms with Gasteiger partial charge in [-0.2, -0.15) is 18.3 Å². The lowest BCUT2D eigenvalue weighted by Gasteiger charge is -2.11. The molecule has 0 aliphatic carbocycles. The Labute approximate surface area is 150 Å². The van der Waals surface area contributed by atoms with Gasteiger partial charge in [0.15, 0.2) is 5.17 Å². The molecule has 0 amide bonds. The molecule has 24 heavy (non-hydrogen) atoms. The first kappa shape index (κ1) is 18.5. The number of hydrogen-bond donors (Lipinski definition) is 1. The van der Waals surface area contributed by atoms with E-state index in [1.807, 2.05) is 30.3 Å². The van der Waals surface area contributed by atoms with Gasteiger partial charge in [0.05, 0.1) is 11.8 Å². The summed E-state index contributed by atoms with van der Waals surface area (Å²) in [5.41, 5.74) is 5.90. The van der Waals surface area contributed by atoms with Crippen LogP contribution >= 0.6 is 27.7 Å². The first-order chi connectivity index (χ1) is 11.4. The lowest BCUT2D eigenvalue weighted by Crippen LogP contribution is -2.10. The fraction of sp³-hybridized carbons (Fsp3) is 0.125. The van der Waals surface area contributed by atoms with Gasteiger partial charge in [0.25, 0.3) is 0 Å². The van der Waals surface area contributed by atoms with Gasteiger partial charge in [-0.25, -0.2) is 0 Å². The van der Waals surface area contributed by atoms with Crippen LogP contribution in [0.15, 0.2) is 63.2 Å². The summed E-state index contributed by atoms with van der Waals surface area (Å²) in [4.78, 5) is 0. The Morgan fingerprint density at radius 1 is 1.12 bits per heavy atom. The summed E-state index contributed by atoms with van der Waals surface area (Å²) in [6.07, 6.45) is -3.44. The molecule has 0 unspecified atom stereocenters. The van der Waals surface area contributed by atoms with Gasteiger partial charge in [0.2, 0.25) is 0 Å². The van der Waals surface area contributed by atoms with Crippen molar-refractivity contribution in [1.29, 1.82) is 0 Å². The lowest BCUT2D eigenvalue weighted by molar-refractivity contribution is -0.138. The van der Waals surface area contributed by atoms with Gasteiger partial charge in [-0.15, -0.1) is 5.10 Å². The lowest BCUT2D eigenvalue weighted by atomic mass is 10.1. The average molecular weight is 416 g/mol. The second-order valence-corrected chi connectivity index (χ2v) is 6.51. The molecular weight excluding hydrogens is 403 g/mol. The van der Waals surface area contributed by atoms with Crippen molar-refractivity contribution < 1.29 is 13.2 Å². The van der Waals surface area contributed by atoms with Crippen molar-refractivity contribution >= 4 is 39.1 Å². The van der Waals surface area contributed by atoms with E-state index in [4.69, 9.17) is 5.73 Å². The SMILES string of the molecule is NC(=NN=Cc1cccc(Br)c1C(F)(F)F)SCc1ccccc1. The Hall–Kier alpha value is -1.80. The molecule has 0 atom stereocenters. The van der Waals surface area contributed by atoms with Crippen LogP contribution in [0.5, 0.6) is 0 Å². The van der Waals surface area contributed by atoms with Crippen LogP contribution < -0.4 is 5.73 Å². The predicted molar refractivity (Wildman–Crippen MR) is 96.1 cm³/mol. The number of amidine groups is 1. The van der Waals surface area contributed by atoms with Crippen molar-refractivity contribution in [2.45, 2.75) is 11.9 Å². The van der Waals surface area contributed by atoms with Gasteiger partial charge < -0.3 is 5.73 Å². The third-order valence-electron chi connectivity index (χ3n) is 2.91. The minimum Gasteiger partial charge on any atom is -0.377 e. The van der Waals surface area contributed by atoms with E-state index >= 15 is 0 Å². The molecule has 0 bridgehead atoms. The molecule has 2 aromatic rings. The smallest absolute Gasteiger partial charge is 0.377 e. The molecule has 0 spiro atoms. The molecule has 0 fully saturated rings. The van der Waals surface area contributed by atoms with Gasteiger partial charge in [-0.05, 0) is 11.6 Å².